The second-order valence-electron chi connectivity index (χ2n) is 5.34. The summed E-state index contributed by atoms with van der Waals surface area (Å²) in [5.41, 5.74) is -0.511. The Bertz CT molecular complexity index is 312. The van der Waals surface area contributed by atoms with Gasteiger partial charge in [-0.1, -0.05) is 0 Å². The molecule has 1 rings (SSSR count). The number of carbonyl (C=O) groups excluding carboxylic acids is 2. The van der Waals surface area contributed by atoms with Crippen LogP contribution < -0.4 is 5.32 Å². The Hall–Kier alpha value is -1.30. The Balaban J connectivity index is 2.31. The Morgan fingerprint density at radius 2 is 2.11 bits per heavy atom. The average molecular weight is 258 g/mol. The van der Waals surface area contributed by atoms with E-state index >= 15 is 0 Å². The Morgan fingerprint density at radius 3 is 2.67 bits per heavy atom. The maximum Gasteiger partial charge on any atom is 0.407 e. The summed E-state index contributed by atoms with van der Waals surface area (Å²) in [6.07, 6.45) is -0.638. The second-order valence-corrected chi connectivity index (χ2v) is 5.34. The van der Waals surface area contributed by atoms with E-state index in [0.29, 0.717) is 26.2 Å². The van der Waals surface area contributed by atoms with E-state index in [0.717, 1.165) is 0 Å². The molecule has 0 aromatic rings. The van der Waals surface area contributed by atoms with E-state index in [9.17, 15) is 9.59 Å². The minimum absolute atomic E-state index is 0.0283. The minimum Gasteiger partial charge on any atom is -0.444 e. The van der Waals surface area contributed by atoms with E-state index in [4.69, 9.17) is 9.47 Å². The van der Waals surface area contributed by atoms with Crippen molar-refractivity contribution in [3.05, 3.63) is 0 Å². The van der Waals surface area contributed by atoms with Crippen molar-refractivity contribution in [1.82, 2.24) is 10.2 Å². The number of hydrogen-bond acceptors (Lipinski definition) is 4. The molecule has 0 aliphatic carbocycles. The van der Waals surface area contributed by atoms with Crippen molar-refractivity contribution in [1.29, 1.82) is 0 Å². The Labute approximate surface area is 108 Å². The second kappa shape index (κ2) is 6.04. The number of alkyl carbamates (subject to hydrolysis) is 1. The van der Waals surface area contributed by atoms with E-state index in [2.05, 4.69) is 5.32 Å². The molecule has 6 heteroatoms. The van der Waals surface area contributed by atoms with Crippen molar-refractivity contribution in [2.24, 2.45) is 0 Å². The maximum absolute atomic E-state index is 11.4. The molecule has 0 aromatic carbocycles. The minimum atomic E-state index is -0.511. The van der Waals surface area contributed by atoms with Crippen LogP contribution in [-0.4, -0.2) is 54.8 Å². The molecule has 0 unspecified atom stereocenters. The lowest BCUT2D eigenvalue weighted by atomic mass is 10.2. The number of amides is 2. The van der Waals surface area contributed by atoms with Gasteiger partial charge in [0.2, 0.25) is 5.91 Å². The first-order valence-corrected chi connectivity index (χ1v) is 6.12. The molecule has 0 saturated carbocycles. The van der Waals surface area contributed by atoms with Gasteiger partial charge >= 0.3 is 6.09 Å². The van der Waals surface area contributed by atoms with Gasteiger partial charge < -0.3 is 19.7 Å². The molecule has 1 fully saturated rings. The third-order valence-electron chi connectivity index (χ3n) is 2.46. The smallest absolute Gasteiger partial charge is 0.407 e. The van der Waals surface area contributed by atoms with Crippen molar-refractivity contribution in [3.63, 3.8) is 0 Å². The molecule has 1 aliphatic heterocycles. The lowest BCUT2D eigenvalue weighted by Gasteiger charge is -2.32. The van der Waals surface area contributed by atoms with Crippen molar-refractivity contribution in [2.75, 3.05) is 26.2 Å². The van der Waals surface area contributed by atoms with Crippen molar-refractivity contribution in [2.45, 2.75) is 39.4 Å². The lowest BCUT2D eigenvalue weighted by Crippen LogP contribution is -2.49. The molecule has 6 nitrogen and oxygen atoms in total. The molecule has 0 radical (unpaired) electrons. The fourth-order valence-electron chi connectivity index (χ4n) is 1.64. The summed E-state index contributed by atoms with van der Waals surface area (Å²) >= 11 is 0. The van der Waals surface area contributed by atoms with Gasteiger partial charge in [-0.25, -0.2) is 4.79 Å². The number of carbonyl (C=O) groups is 2. The van der Waals surface area contributed by atoms with Crippen molar-refractivity contribution in [3.8, 4) is 0 Å². The highest BCUT2D eigenvalue weighted by Crippen LogP contribution is 2.07. The monoisotopic (exact) mass is 258 g/mol. The summed E-state index contributed by atoms with van der Waals surface area (Å²) in [5.74, 6) is 0.0283. The predicted octanol–water partition coefficient (Wildman–Crippen LogP) is 0.758. The third-order valence-corrected chi connectivity index (χ3v) is 2.46. The highest BCUT2D eigenvalue weighted by atomic mass is 16.6. The predicted molar refractivity (Wildman–Crippen MR) is 66.2 cm³/mol. The van der Waals surface area contributed by atoms with Crippen LogP contribution in [0.15, 0.2) is 0 Å². The first-order chi connectivity index (χ1) is 8.28. The highest BCUT2D eigenvalue weighted by Gasteiger charge is 2.23. The van der Waals surface area contributed by atoms with E-state index in [1.807, 2.05) is 0 Å². The number of nitrogens with zero attached hydrogens (tertiary/aromatic N) is 1. The SMILES string of the molecule is CC(=O)N1CCO[C@H](CNC(=O)OC(C)(C)C)C1. The molecule has 1 saturated heterocycles. The van der Waals surface area contributed by atoms with Gasteiger partial charge in [0.1, 0.15) is 5.60 Å². The lowest BCUT2D eigenvalue weighted by molar-refractivity contribution is -0.136. The highest BCUT2D eigenvalue weighted by molar-refractivity contribution is 5.73. The molecule has 1 atom stereocenters. The van der Waals surface area contributed by atoms with Crippen LogP contribution in [0.4, 0.5) is 4.79 Å². The fourth-order valence-corrected chi connectivity index (χ4v) is 1.64. The topological polar surface area (TPSA) is 67.9 Å². The molecule has 1 heterocycles. The van der Waals surface area contributed by atoms with Gasteiger partial charge in [-0.05, 0) is 20.8 Å². The summed E-state index contributed by atoms with van der Waals surface area (Å²) in [4.78, 5) is 24.4. The van der Waals surface area contributed by atoms with Crippen molar-refractivity contribution >= 4 is 12.0 Å². The summed E-state index contributed by atoms with van der Waals surface area (Å²) in [7, 11) is 0. The zero-order valence-corrected chi connectivity index (χ0v) is 11.5. The molecular weight excluding hydrogens is 236 g/mol. The van der Waals surface area contributed by atoms with Gasteiger partial charge in [-0.3, -0.25) is 4.79 Å². The molecule has 2 amide bonds. The molecule has 1 N–H and O–H groups in total. The number of rotatable bonds is 2. The van der Waals surface area contributed by atoms with Gasteiger partial charge in [0.05, 0.1) is 12.7 Å². The van der Waals surface area contributed by atoms with Gasteiger partial charge in [-0.2, -0.15) is 0 Å². The first kappa shape index (κ1) is 14.8. The number of nitrogens with one attached hydrogen (secondary N) is 1. The van der Waals surface area contributed by atoms with Crippen LogP contribution in [0.1, 0.15) is 27.7 Å². The van der Waals surface area contributed by atoms with Crippen LogP contribution in [0.5, 0.6) is 0 Å². The zero-order chi connectivity index (χ0) is 13.8. The number of hydrogen-bond donors (Lipinski definition) is 1. The average Bonchev–Trinajstić information content (AvgIpc) is 2.24. The molecule has 104 valence electrons. The van der Waals surface area contributed by atoms with Crippen LogP contribution in [0.3, 0.4) is 0 Å². The summed E-state index contributed by atoms with van der Waals surface area (Å²) < 4.78 is 10.6. The van der Waals surface area contributed by atoms with E-state index in [1.165, 1.54) is 6.92 Å². The van der Waals surface area contributed by atoms with E-state index in [1.54, 1.807) is 25.7 Å². The largest absolute Gasteiger partial charge is 0.444 e. The van der Waals surface area contributed by atoms with E-state index in [-0.39, 0.29) is 12.0 Å². The van der Waals surface area contributed by atoms with Gasteiger partial charge in [0, 0.05) is 26.6 Å². The fraction of sp³-hybridized carbons (Fsp3) is 0.833. The van der Waals surface area contributed by atoms with Crippen LogP contribution in [0.2, 0.25) is 0 Å². The van der Waals surface area contributed by atoms with Gasteiger partial charge in [0.25, 0.3) is 0 Å². The molecule has 18 heavy (non-hydrogen) atoms. The Morgan fingerprint density at radius 1 is 1.44 bits per heavy atom. The molecule has 1 aliphatic rings. The van der Waals surface area contributed by atoms with E-state index < -0.39 is 11.7 Å². The van der Waals surface area contributed by atoms with Crippen LogP contribution >= 0.6 is 0 Å². The van der Waals surface area contributed by atoms with Crippen LogP contribution in [-0.2, 0) is 14.3 Å². The normalized spacial score (nSPS) is 20.4. The standard InChI is InChI=1S/C12H22N2O4/c1-9(15)14-5-6-17-10(8-14)7-13-11(16)18-12(2,3)4/h10H,5-8H2,1-4H3,(H,13,16)/t10-/m1/s1. The van der Waals surface area contributed by atoms with Crippen LogP contribution in [0.25, 0.3) is 0 Å². The number of morpholine rings is 1. The molecule has 0 aromatic heterocycles. The first-order valence-electron chi connectivity index (χ1n) is 6.12. The zero-order valence-electron chi connectivity index (χ0n) is 11.5. The summed E-state index contributed by atoms with van der Waals surface area (Å²) in [6.45, 7) is 8.91. The van der Waals surface area contributed by atoms with Crippen molar-refractivity contribution < 1.29 is 19.1 Å². The third kappa shape index (κ3) is 5.35. The Kier molecular flexibility index (Phi) is 4.95. The quantitative estimate of drug-likeness (QED) is 0.794. The van der Waals surface area contributed by atoms with Gasteiger partial charge in [0.15, 0.2) is 0 Å². The van der Waals surface area contributed by atoms with Crippen LogP contribution in [0, 0.1) is 0 Å². The maximum atomic E-state index is 11.4. The summed E-state index contributed by atoms with van der Waals surface area (Å²) in [5, 5.41) is 2.64. The molecular formula is C12H22N2O4. The molecule has 0 spiro atoms. The molecule has 0 bridgehead atoms. The summed E-state index contributed by atoms with van der Waals surface area (Å²) in [6, 6.07) is 0. The van der Waals surface area contributed by atoms with Gasteiger partial charge in [-0.15, -0.1) is 0 Å². The number of ether oxygens (including phenoxy) is 2.